The van der Waals surface area contributed by atoms with Crippen LogP contribution in [0, 0.1) is 0 Å². The Morgan fingerprint density at radius 3 is 0.900 bits per heavy atom. The normalized spacial score (nSPS) is 14.7. The first-order valence-electron chi connectivity index (χ1n) is 38.4. The number of unbranched alkanes of at least 4 members (excludes halogenated alkanes) is 23. The van der Waals surface area contributed by atoms with Gasteiger partial charge in [0.2, 0.25) is 0 Å². The molecule has 0 aliphatic carbocycles. The number of ether oxygens (including phenoxy) is 4. The highest BCUT2D eigenvalue weighted by Crippen LogP contribution is 2.45. The van der Waals surface area contributed by atoms with E-state index in [-0.39, 0.29) is 25.7 Å². The molecule has 0 radical (unpaired) electrons. The summed E-state index contributed by atoms with van der Waals surface area (Å²) in [6, 6.07) is 0. The van der Waals surface area contributed by atoms with Gasteiger partial charge in [-0.1, -0.05) is 283 Å². The Morgan fingerprint density at radius 1 is 0.290 bits per heavy atom. The van der Waals surface area contributed by atoms with Crippen molar-refractivity contribution in [3.05, 3.63) is 134 Å². The summed E-state index contributed by atoms with van der Waals surface area (Å²) in [5.74, 6) is -2.30. The number of phosphoric acid groups is 2. The molecule has 0 heterocycles. The molecule has 17 nitrogen and oxygen atoms in total. The van der Waals surface area contributed by atoms with Crippen LogP contribution in [0.25, 0.3) is 0 Å². The molecule has 0 aliphatic rings. The average Bonchev–Trinajstić information content (AvgIpc) is 1.06. The molecule has 0 aliphatic heterocycles. The van der Waals surface area contributed by atoms with Crippen LogP contribution < -0.4 is 0 Å². The summed E-state index contributed by atoms with van der Waals surface area (Å²) in [4.78, 5) is 72.8. The van der Waals surface area contributed by atoms with E-state index in [0.717, 1.165) is 161 Å². The maximum atomic E-state index is 13.1. The number of aliphatic hydroxyl groups excluding tert-OH is 1. The third kappa shape index (κ3) is 71.6. The summed E-state index contributed by atoms with van der Waals surface area (Å²) in [5.41, 5.74) is 0. The highest BCUT2D eigenvalue weighted by molar-refractivity contribution is 7.47. The molecule has 0 spiro atoms. The summed E-state index contributed by atoms with van der Waals surface area (Å²) in [7, 11) is -9.97. The van der Waals surface area contributed by atoms with Crippen molar-refractivity contribution in [1.29, 1.82) is 0 Å². The fourth-order valence-corrected chi connectivity index (χ4v) is 11.4. The molecule has 0 saturated carbocycles. The van der Waals surface area contributed by atoms with Gasteiger partial charge in [-0.2, -0.15) is 0 Å². The highest BCUT2D eigenvalue weighted by Gasteiger charge is 2.30. The molecular formula is C81H136O17P2. The molecule has 572 valence electrons. The predicted octanol–water partition coefficient (Wildman–Crippen LogP) is 22.1. The van der Waals surface area contributed by atoms with Crippen LogP contribution in [0.5, 0.6) is 0 Å². The van der Waals surface area contributed by atoms with Crippen molar-refractivity contribution in [3.63, 3.8) is 0 Å². The van der Waals surface area contributed by atoms with Crippen LogP contribution in [0.3, 0.4) is 0 Å². The Morgan fingerprint density at radius 2 is 0.550 bits per heavy atom. The van der Waals surface area contributed by atoms with E-state index in [1.165, 1.54) is 51.4 Å². The molecule has 5 unspecified atom stereocenters. The Bertz CT molecular complexity index is 2420. The zero-order valence-corrected chi connectivity index (χ0v) is 64.1. The zero-order valence-electron chi connectivity index (χ0n) is 62.3. The minimum Gasteiger partial charge on any atom is -0.462 e. The van der Waals surface area contributed by atoms with Crippen molar-refractivity contribution in [2.45, 2.75) is 316 Å². The second-order valence-corrected chi connectivity index (χ2v) is 28.1. The second kappa shape index (κ2) is 72.5. The number of hydrogen-bond donors (Lipinski definition) is 3. The Labute approximate surface area is 605 Å². The average molecular weight is 1440 g/mol. The molecule has 0 aromatic carbocycles. The summed E-state index contributed by atoms with van der Waals surface area (Å²) in [6.45, 7) is 4.49. The van der Waals surface area contributed by atoms with Gasteiger partial charge in [0, 0.05) is 25.7 Å². The smallest absolute Gasteiger partial charge is 0.462 e. The monoisotopic (exact) mass is 1440 g/mol. The summed E-state index contributed by atoms with van der Waals surface area (Å²) < 4.78 is 68.3. The Hall–Kier alpha value is -4.80. The maximum Gasteiger partial charge on any atom is 0.472 e. The van der Waals surface area contributed by atoms with E-state index >= 15 is 0 Å². The maximum absolute atomic E-state index is 13.1. The molecule has 5 atom stereocenters. The van der Waals surface area contributed by atoms with Crippen LogP contribution in [-0.2, 0) is 65.4 Å². The Kier molecular flexibility index (Phi) is 69.1. The minimum atomic E-state index is -5.00. The van der Waals surface area contributed by atoms with E-state index in [4.69, 9.17) is 37.0 Å². The van der Waals surface area contributed by atoms with Crippen LogP contribution in [0.2, 0.25) is 0 Å². The summed E-state index contributed by atoms with van der Waals surface area (Å²) >= 11 is 0. The molecule has 0 bridgehead atoms. The molecule has 0 amide bonds. The molecule has 19 heteroatoms. The van der Waals surface area contributed by atoms with Gasteiger partial charge in [-0.3, -0.25) is 37.3 Å². The van der Waals surface area contributed by atoms with Gasteiger partial charge in [-0.25, -0.2) is 9.13 Å². The zero-order chi connectivity index (χ0) is 73.2. The lowest BCUT2D eigenvalue weighted by molar-refractivity contribution is -0.161. The van der Waals surface area contributed by atoms with Gasteiger partial charge in [-0.15, -0.1) is 0 Å². The number of carbonyl (C=O) groups excluding carboxylic acids is 4. The Balaban J connectivity index is 5.42. The molecule has 0 aromatic rings. The van der Waals surface area contributed by atoms with E-state index in [0.29, 0.717) is 32.1 Å². The van der Waals surface area contributed by atoms with Crippen molar-refractivity contribution in [3.8, 4) is 0 Å². The number of hydrogen-bond acceptors (Lipinski definition) is 15. The van der Waals surface area contributed by atoms with Crippen LogP contribution >= 0.6 is 15.6 Å². The lowest BCUT2D eigenvalue weighted by Gasteiger charge is -2.21. The first-order chi connectivity index (χ1) is 48.7. The van der Waals surface area contributed by atoms with Gasteiger partial charge in [0.15, 0.2) is 12.2 Å². The number of carbonyl (C=O) groups is 4. The van der Waals surface area contributed by atoms with Gasteiger partial charge in [0.25, 0.3) is 0 Å². The lowest BCUT2D eigenvalue weighted by atomic mass is 10.1. The fourth-order valence-electron chi connectivity index (χ4n) is 9.81. The van der Waals surface area contributed by atoms with Crippen molar-refractivity contribution < 1.29 is 80.2 Å². The van der Waals surface area contributed by atoms with Crippen LogP contribution in [-0.4, -0.2) is 96.7 Å². The summed E-state index contributed by atoms with van der Waals surface area (Å²) in [6.07, 6.45) is 80.3. The van der Waals surface area contributed by atoms with Gasteiger partial charge < -0.3 is 33.8 Å². The van der Waals surface area contributed by atoms with Crippen LogP contribution in [0.1, 0.15) is 297 Å². The first kappa shape index (κ1) is 95.2. The van der Waals surface area contributed by atoms with Gasteiger partial charge >= 0.3 is 39.5 Å². The van der Waals surface area contributed by atoms with Crippen molar-refractivity contribution in [2.75, 3.05) is 39.6 Å². The van der Waals surface area contributed by atoms with Crippen molar-refractivity contribution in [2.24, 2.45) is 0 Å². The molecule has 0 aromatic heterocycles. The van der Waals surface area contributed by atoms with E-state index in [1.807, 2.05) is 18.2 Å². The molecular weight excluding hydrogens is 1310 g/mol. The first-order valence-corrected chi connectivity index (χ1v) is 41.4. The predicted molar refractivity (Wildman–Crippen MR) is 408 cm³/mol. The largest absolute Gasteiger partial charge is 0.472 e. The number of aliphatic hydroxyl groups is 1. The number of rotatable bonds is 71. The topological polar surface area (TPSA) is 237 Å². The second-order valence-electron chi connectivity index (χ2n) is 25.2. The minimum absolute atomic E-state index is 0.0295. The van der Waals surface area contributed by atoms with Crippen LogP contribution in [0.15, 0.2) is 134 Å². The fraction of sp³-hybridized carbons (Fsp3) is 0.679. The third-order valence-electron chi connectivity index (χ3n) is 15.6. The molecule has 0 rings (SSSR count). The van der Waals surface area contributed by atoms with Gasteiger partial charge in [-0.05, 0) is 122 Å². The number of phosphoric ester groups is 2. The van der Waals surface area contributed by atoms with E-state index in [9.17, 15) is 43.2 Å². The number of esters is 4. The van der Waals surface area contributed by atoms with Gasteiger partial charge in [0.05, 0.1) is 26.4 Å². The van der Waals surface area contributed by atoms with Gasteiger partial charge in [0.1, 0.15) is 19.3 Å². The number of allylic oxidation sites excluding steroid dienone is 22. The summed E-state index contributed by atoms with van der Waals surface area (Å²) in [5, 5.41) is 10.6. The van der Waals surface area contributed by atoms with Crippen LogP contribution in [0.4, 0.5) is 0 Å². The molecule has 0 saturated heterocycles. The SMILES string of the molecule is CC/C=C\C/C=C\C/C=C\C/C=C\C/C=C\C/C=C\CCC(=O)OCC(COP(=O)(O)OCC(O)COP(=O)(O)OCC(COC(=O)CCCCCCC/C=C\CCCC)OC(=O)CCCCCCCCCCCCC)OC(=O)CCCCCCCC/C=C\C/C=C\C/C=C\C/C=C\CC. The van der Waals surface area contributed by atoms with Crippen molar-refractivity contribution >= 4 is 39.5 Å². The van der Waals surface area contributed by atoms with Crippen molar-refractivity contribution in [1.82, 2.24) is 0 Å². The molecule has 100 heavy (non-hydrogen) atoms. The third-order valence-corrected chi connectivity index (χ3v) is 17.5. The van der Waals surface area contributed by atoms with E-state index in [1.54, 1.807) is 0 Å². The molecule has 3 N–H and O–H groups in total. The molecule has 0 fully saturated rings. The standard InChI is InChI=1S/C81H136O17P2/c1-5-9-13-17-21-25-29-31-33-35-37-39-41-43-47-50-54-58-62-66-79(84)92-72-77(98-81(86)68-64-60-56-52-48-44-42-40-38-36-34-32-30-26-22-18-14-10-6-2)74-96-100(89,90)94-70-75(82)69-93-99(87,88)95-73-76(97-80(85)67-63-59-55-51-46-28-24-20-16-12-8-4)71-91-78(83)65-61-57-53-49-45-27-23-19-15-11-7-3/h9-10,13-14,19,21-23,25-26,31-34,37-40,43,47,54,58,75-77,82H,5-8,11-12,15-18,20,24,27-30,35-36,41-42,44-46,48-53,55-57,59-74H2,1-4H3,(H,87,88)(H,89,90)/b13-9-,14-10-,23-19-,25-21-,26-22-,33-31-,34-32-,39-37-,40-38-,47-43-,58-54-. The van der Waals surface area contributed by atoms with E-state index in [2.05, 4.69) is 143 Å². The lowest BCUT2D eigenvalue weighted by Crippen LogP contribution is -2.30. The quantitative estimate of drug-likeness (QED) is 0.0169. The van der Waals surface area contributed by atoms with E-state index < -0.39 is 97.5 Å². The highest BCUT2D eigenvalue weighted by atomic mass is 31.2.